The summed E-state index contributed by atoms with van der Waals surface area (Å²) in [4.78, 5) is 0. The normalized spacial score (nSPS) is 29.2. The van der Waals surface area contributed by atoms with E-state index >= 15 is 0 Å². The molecule has 1 unspecified atom stereocenters. The van der Waals surface area contributed by atoms with E-state index in [0.29, 0.717) is 16.0 Å². The third-order valence-corrected chi connectivity index (χ3v) is 5.67. The molecule has 2 atom stereocenters. The van der Waals surface area contributed by atoms with Crippen LogP contribution in [0.15, 0.2) is 18.2 Å². The van der Waals surface area contributed by atoms with Crippen LogP contribution in [0.2, 0.25) is 10.0 Å². The lowest BCUT2D eigenvalue weighted by atomic mass is 9.96. The van der Waals surface area contributed by atoms with Crippen molar-refractivity contribution in [3.8, 4) is 0 Å². The summed E-state index contributed by atoms with van der Waals surface area (Å²) in [5, 5.41) is 3.29. The SMILES string of the molecule is Clc1ccc([C@@]2(CBr)CC2CBr)cc1Cl. The number of hydrogen-bond donors (Lipinski definition) is 0. The van der Waals surface area contributed by atoms with Crippen molar-refractivity contribution in [3.63, 3.8) is 0 Å². The second kappa shape index (κ2) is 4.56. The quantitative estimate of drug-likeness (QED) is 0.652. The maximum atomic E-state index is 6.04. The molecule has 1 aliphatic rings. The van der Waals surface area contributed by atoms with Crippen molar-refractivity contribution < 1.29 is 0 Å². The molecule has 1 aromatic rings. The molecule has 1 aromatic carbocycles. The fourth-order valence-corrected chi connectivity index (χ4v) is 4.14. The fraction of sp³-hybridized carbons (Fsp3) is 0.455. The molecule has 0 bridgehead atoms. The maximum Gasteiger partial charge on any atom is 0.0595 e. The first-order chi connectivity index (χ1) is 7.14. The van der Waals surface area contributed by atoms with E-state index in [-0.39, 0.29) is 5.41 Å². The van der Waals surface area contributed by atoms with Crippen LogP contribution in [-0.2, 0) is 5.41 Å². The molecule has 0 spiro atoms. The van der Waals surface area contributed by atoms with Crippen LogP contribution in [0.5, 0.6) is 0 Å². The van der Waals surface area contributed by atoms with Crippen LogP contribution in [0.3, 0.4) is 0 Å². The Bertz CT molecular complexity index is 381. The van der Waals surface area contributed by atoms with Crippen LogP contribution in [0, 0.1) is 5.92 Å². The first-order valence-electron chi connectivity index (χ1n) is 4.71. The summed E-state index contributed by atoms with van der Waals surface area (Å²) in [5.41, 5.74) is 1.55. The lowest BCUT2D eigenvalue weighted by Crippen LogP contribution is -2.12. The fourth-order valence-electron chi connectivity index (χ4n) is 1.98. The van der Waals surface area contributed by atoms with Gasteiger partial charge in [-0.1, -0.05) is 61.1 Å². The van der Waals surface area contributed by atoms with Gasteiger partial charge in [0.15, 0.2) is 0 Å². The third kappa shape index (κ3) is 2.11. The minimum atomic E-state index is 0.262. The Labute approximate surface area is 117 Å². The monoisotopic (exact) mass is 370 g/mol. The van der Waals surface area contributed by atoms with Gasteiger partial charge in [0.25, 0.3) is 0 Å². The molecule has 0 N–H and O–H groups in total. The van der Waals surface area contributed by atoms with Crippen LogP contribution >= 0.6 is 55.1 Å². The number of alkyl halides is 2. The van der Waals surface area contributed by atoms with E-state index in [1.54, 1.807) is 0 Å². The van der Waals surface area contributed by atoms with Crippen molar-refractivity contribution in [1.82, 2.24) is 0 Å². The minimum absolute atomic E-state index is 0.262. The smallest absolute Gasteiger partial charge is 0.0595 e. The van der Waals surface area contributed by atoms with Crippen molar-refractivity contribution in [3.05, 3.63) is 33.8 Å². The predicted molar refractivity (Wildman–Crippen MR) is 73.8 cm³/mol. The topological polar surface area (TPSA) is 0 Å². The first kappa shape index (κ1) is 12.2. The van der Waals surface area contributed by atoms with Crippen LogP contribution in [0.25, 0.3) is 0 Å². The van der Waals surface area contributed by atoms with E-state index in [1.807, 2.05) is 12.1 Å². The zero-order chi connectivity index (χ0) is 11.1. The number of hydrogen-bond acceptors (Lipinski definition) is 0. The summed E-state index contributed by atoms with van der Waals surface area (Å²) in [6.45, 7) is 0. The molecule has 82 valence electrons. The Hall–Kier alpha value is 0.760. The highest BCUT2D eigenvalue weighted by molar-refractivity contribution is 9.09. The number of rotatable bonds is 3. The number of benzene rings is 1. The maximum absolute atomic E-state index is 6.04. The van der Waals surface area contributed by atoms with Gasteiger partial charge in [-0.2, -0.15) is 0 Å². The largest absolute Gasteiger partial charge is 0.0925 e. The summed E-state index contributed by atoms with van der Waals surface area (Å²) in [6.07, 6.45) is 1.21. The van der Waals surface area contributed by atoms with E-state index in [0.717, 1.165) is 10.7 Å². The molecule has 1 fully saturated rings. The molecule has 0 radical (unpaired) electrons. The molecule has 2 rings (SSSR count). The summed E-state index contributed by atoms with van der Waals surface area (Å²) < 4.78 is 0. The van der Waals surface area contributed by atoms with E-state index in [4.69, 9.17) is 23.2 Å². The molecule has 0 saturated heterocycles. The van der Waals surface area contributed by atoms with E-state index in [2.05, 4.69) is 37.9 Å². The summed E-state index contributed by atoms with van der Waals surface area (Å²) in [6, 6.07) is 5.96. The van der Waals surface area contributed by atoms with Gasteiger partial charge >= 0.3 is 0 Å². The Morgan fingerprint density at radius 3 is 2.47 bits per heavy atom. The van der Waals surface area contributed by atoms with Crippen LogP contribution in [0.4, 0.5) is 0 Å². The van der Waals surface area contributed by atoms with Gasteiger partial charge in [-0.15, -0.1) is 0 Å². The average molecular weight is 373 g/mol. The van der Waals surface area contributed by atoms with Gasteiger partial charge < -0.3 is 0 Å². The second-order valence-corrected chi connectivity index (χ2v) is 6.00. The molecule has 0 amide bonds. The molecular weight excluding hydrogens is 363 g/mol. The highest BCUT2D eigenvalue weighted by atomic mass is 79.9. The number of halogens is 4. The molecule has 0 aliphatic heterocycles. The molecule has 1 aliphatic carbocycles. The molecule has 0 heterocycles. The van der Waals surface area contributed by atoms with Gasteiger partial charge in [0.1, 0.15) is 0 Å². The molecule has 0 aromatic heterocycles. The third-order valence-electron chi connectivity index (χ3n) is 3.15. The Balaban J connectivity index is 2.33. The molecule has 4 heteroatoms. The molecule has 0 nitrogen and oxygen atoms in total. The molecule has 15 heavy (non-hydrogen) atoms. The Morgan fingerprint density at radius 1 is 1.27 bits per heavy atom. The van der Waals surface area contributed by atoms with Crippen molar-refractivity contribution in [2.75, 3.05) is 10.7 Å². The molecule has 1 saturated carbocycles. The van der Waals surface area contributed by atoms with E-state index < -0.39 is 0 Å². The summed E-state index contributed by atoms with van der Waals surface area (Å²) in [7, 11) is 0. The lowest BCUT2D eigenvalue weighted by Gasteiger charge is -2.14. The Morgan fingerprint density at radius 2 is 2.00 bits per heavy atom. The van der Waals surface area contributed by atoms with Crippen LogP contribution < -0.4 is 0 Å². The van der Waals surface area contributed by atoms with Crippen molar-refractivity contribution in [1.29, 1.82) is 0 Å². The van der Waals surface area contributed by atoms with Crippen molar-refractivity contribution >= 4 is 55.1 Å². The Kier molecular flexibility index (Phi) is 3.71. The van der Waals surface area contributed by atoms with Crippen molar-refractivity contribution in [2.45, 2.75) is 11.8 Å². The van der Waals surface area contributed by atoms with Gasteiger partial charge in [0, 0.05) is 16.1 Å². The average Bonchev–Trinajstić information content (AvgIpc) is 2.97. The standard InChI is InChI=1S/C11H10Br2Cl2/c12-5-8-4-11(8,6-13)7-1-2-9(14)10(15)3-7/h1-3,8H,4-6H2/t8?,11-/m0/s1. The van der Waals surface area contributed by atoms with Gasteiger partial charge in [-0.05, 0) is 30.0 Å². The van der Waals surface area contributed by atoms with Crippen LogP contribution in [-0.4, -0.2) is 10.7 Å². The van der Waals surface area contributed by atoms with Gasteiger partial charge in [-0.3, -0.25) is 0 Å². The lowest BCUT2D eigenvalue weighted by molar-refractivity contribution is 0.727. The van der Waals surface area contributed by atoms with Gasteiger partial charge in [-0.25, -0.2) is 0 Å². The van der Waals surface area contributed by atoms with Gasteiger partial charge in [0.05, 0.1) is 10.0 Å². The highest BCUT2D eigenvalue weighted by Crippen LogP contribution is 2.56. The van der Waals surface area contributed by atoms with Gasteiger partial charge in [0.2, 0.25) is 0 Å². The zero-order valence-corrected chi connectivity index (χ0v) is 12.6. The van der Waals surface area contributed by atoms with Crippen molar-refractivity contribution in [2.24, 2.45) is 5.92 Å². The minimum Gasteiger partial charge on any atom is -0.0925 e. The summed E-state index contributed by atoms with van der Waals surface area (Å²) in [5.74, 6) is 0.703. The van der Waals surface area contributed by atoms with Crippen LogP contribution in [0.1, 0.15) is 12.0 Å². The second-order valence-electron chi connectivity index (χ2n) is 3.97. The molecular formula is C11H10Br2Cl2. The van der Waals surface area contributed by atoms with E-state index in [9.17, 15) is 0 Å². The van der Waals surface area contributed by atoms with E-state index in [1.165, 1.54) is 12.0 Å². The highest BCUT2D eigenvalue weighted by Gasteiger charge is 2.53. The zero-order valence-electron chi connectivity index (χ0n) is 7.94. The summed E-state index contributed by atoms with van der Waals surface area (Å²) >= 11 is 19.1. The first-order valence-corrected chi connectivity index (χ1v) is 7.71. The predicted octanol–water partition coefficient (Wildman–Crippen LogP) is 5.04.